The Kier molecular flexibility index (Phi) is 4.03. The number of anilines is 3. The van der Waals surface area contributed by atoms with Crippen LogP contribution in [0.3, 0.4) is 0 Å². The molecule has 0 fully saturated rings. The van der Waals surface area contributed by atoms with Gasteiger partial charge in [-0.25, -0.2) is 18.2 Å². The highest BCUT2D eigenvalue weighted by atomic mass is 32.1. The number of thiazole rings is 1. The van der Waals surface area contributed by atoms with Crippen LogP contribution in [0.15, 0.2) is 12.1 Å². The van der Waals surface area contributed by atoms with Crippen LogP contribution in [0.4, 0.5) is 29.8 Å². The molecular weight excluding hydrogens is 305 g/mol. The predicted molar refractivity (Wildman–Crippen MR) is 75.1 cm³/mol. The fraction of sp³-hybridized carbons (Fsp3) is 0.167. The Bertz CT molecular complexity index is 679. The van der Waals surface area contributed by atoms with Gasteiger partial charge >= 0.3 is 0 Å². The molecule has 5 nitrogen and oxygen atoms in total. The summed E-state index contributed by atoms with van der Waals surface area (Å²) in [6.45, 7) is 0. The van der Waals surface area contributed by atoms with Crippen LogP contribution in [0, 0.1) is 17.5 Å². The zero-order valence-corrected chi connectivity index (χ0v) is 11.9. The van der Waals surface area contributed by atoms with Crippen LogP contribution in [0.1, 0.15) is 9.67 Å². The molecule has 0 saturated heterocycles. The second kappa shape index (κ2) is 5.60. The van der Waals surface area contributed by atoms with Gasteiger partial charge in [-0.2, -0.15) is 0 Å². The summed E-state index contributed by atoms with van der Waals surface area (Å²) in [7, 11) is 3.42. The van der Waals surface area contributed by atoms with Gasteiger partial charge in [0, 0.05) is 26.2 Å². The number of hydrogen-bond acceptors (Lipinski definition) is 5. The molecule has 2 rings (SSSR count). The molecule has 0 aliphatic rings. The lowest BCUT2D eigenvalue weighted by Gasteiger charge is -2.07. The number of nitrogens with one attached hydrogen (secondary N) is 1. The van der Waals surface area contributed by atoms with Gasteiger partial charge in [0.25, 0.3) is 5.91 Å². The van der Waals surface area contributed by atoms with Crippen molar-refractivity contribution in [2.75, 3.05) is 30.0 Å². The number of carbonyl (C=O) groups is 1. The van der Waals surface area contributed by atoms with Crippen LogP contribution in [0.5, 0.6) is 0 Å². The number of carbonyl (C=O) groups excluding carboxylic acids is 1. The van der Waals surface area contributed by atoms with E-state index in [1.54, 1.807) is 19.0 Å². The van der Waals surface area contributed by atoms with E-state index >= 15 is 0 Å². The van der Waals surface area contributed by atoms with Gasteiger partial charge in [0.1, 0.15) is 22.2 Å². The number of amides is 1. The van der Waals surface area contributed by atoms with Crippen molar-refractivity contribution in [2.45, 2.75) is 0 Å². The Morgan fingerprint density at radius 1 is 1.29 bits per heavy atom. The monoisotopic (exact) mass is 316 g/mol. The molecule has 0 spiro atoms. The third-order valence-electron chi connectivity index (χ3n) is 2.48. The van der Waals surface area contributed by atoms with Gasteiger partial charge in [-0.15, -0.1) is 0 Å². The highest BCUT2D eigenvalue weighted by Gasteiger charge is 2.20. The second-order valence-corrected chi connectivity index (χ2v) is 5.28. The minimum Gasteiger partial charge on any atom is -0.382 e. The molecular formula is C12H11F3N4OS. The molecule has 9 heteroatoms. The Balaban J connectivity index is 2.30. The quantitative estimate of drug-likeness (QED) is 0.912. The van der Waals surface area contributed by atoms with Crippen molar-refractivity contribution >= 4 is 33.9 Å². The third-order valence-corrected chi connectivity index (χ3v) is 3.71. The maximum Gasteiger partial charge on any atom is 0.269 e. The fourth-order valence-corrected chi connectivity index (χ4v) is 2.31. The smallest absolute Gasteiger partial charge is 0.269 e. The standard InChI is InChI=1S/C12H11F3N4OS/c1-19(2)12-18-10(16)9(21-12)11(20)17-8-6(14)3-5(13)4-7(8)15/h3-4H,16H2,1-2H3,(H,17,20). The van der Waals surface area contributed by atoms with Crippen LogP contribution >= 0.6 is 11.3 Å². The van der Waals surface area contributed by atoms with Gasteiger partial charge in [-0.05, 0) is 0 Å². The first-order valence-electron chi connectivity index (χ1n) is 5.69. The van der Waals surface area contributed by atoms with Crippen molar-refractivity contribution in [1.29, 1.82) is 0 Å². The number of halogens is 3. The van der Waals surface area contributed by atoms with Crippen LogP contribution in [0.25, 0.3) is 0 Å². The molecule has 0 aliphatic carbocycles. The fourth-order valence-electron chi connectivity index (χ4n) is 1.51. The van der Waals surface area contributed by atoms with Crippen molar-refractivity contribution in [2.24, 2.45) is 0 Å². The van der Waals surface area contributed by atoms with Crippen LogP contribution in [-0.4, -0.2) is 25.0 Å². The summed E-state index contributed by atoms with van der Waals surface area (Å²) in [4.78, 5) is 17.6. The highest BCUT2D eigenvalue weighted by molar-refractivity contribution is 7.18. The van der Waals surface area contributed by atoms with E-state index < -0.39 is 29.0 Å². The minimum atomic E-state index is -1.21. The molecule has 1 aromatic heterocycles. The van der Waals surface area contributed by atoms with E-state index in [0.717, 1.165) is 11.3 Å². The molecule has 0 bridgehead atoms. The van der Waals surface area contributed by atoms with E-state index in [1.165, 1.54) is 0 Å². The van der Waals surface area contributed by atoms with E-state index in [9.17, 15) is 18.0 Å². The van der Waals surface area contributed by atoms with Gasteiger partial charge in [-0.1, -0.05) is 11.3 Å². The maximum absolute atomic E-state index is 13.5. The predicted octanol–water partition coefficient (Wildman–Crippen LogP) is 2.46. The molecule has 0 aliphatic heterocycles. The van der Waals surface area contributed by atoms with Gasteiger partial charge < -0.3 is 16.0 Å². The van der Waals surface area contributed by atoms with Crippen molar-refractivity contribution in [3.63, 3.8) is 0 Å². The lowest BCUT2D eigenvalue weighted by molar-refractivity contribution is 0.103. The summed E-state index contributed by atoms with van der Waals surface area (Å²) in [5.74, 6) is -4.37. The molecule has 0 radical (unpaired) electrons. The Morgan fingerprint density at radius 2 is 1.86 bits per heavy atom. The molecule has 0 unspecified atom stereocenters. The van der Waals surface area contributed by atoms with Crippen LogP contribution in [-0.2, 0) is 0 Å². The van der Waals surface area contributed by atoms with E-state index in [1.807, 2.05) is 5.32 Å². The Hall–Kier alpha value is -2.29. The molecule has 21 heavy (non-hydrogen) atoms. The second-order valence-electron chi connectivity index (χ2n) is 4.30. The summed E-state index contributed by atoms with van der Waals surface area (Å²) in [6.07, 6.45) is 0. The average Bonchev–Trinajstić information content (AvgIpc) is 2.76. The maximum atomic E-state index is 13.5. The minimum absolute atomic E-state index is 0.0156. The number of nitrogen functional groups attached to an aromatic ring is 1. The van der Waals surface area contributed by atoms with Crippen molar-refractivity contribution in [3.8, 4) is 0 Å². The largest absolute Gasteiger partial charge is 0.382 e. The molecule has 3 N–H and O–H groups in total. The number of benzene rings is 1. The molecule has 112 valence electrons. The molecule has 1 aromatic carbocycles. The number of aromatic nitrogens is 1. The summed E-state index contributed by atoms with van der Waals surface area (Å²) in [5.41, 5.74) is 4.86. The first-order valence-corrected chi connectivity index (χ1v) is 6.50. The molecule has 1 heterocycles. The summed E-state index contributed by atoms with van der Waals surface area (Å²) >= 11 is 0.969. The van der Waals surface area contributed by atoms with Gasteiger partial charge in [0.2, 0.25) is 0 Å². The zero-order chi connectivity index (χ0) is 15.7. The normalized spacial score (nSPS) is 10.5. The van der Waals surface area contributed by atoms with E-state index in [2.05, 4.69) is 4.98 Å². The van der Waals surface area contributed by atoms with Gasteiger partial charge in [0.15, 0.2) is 16.8 Å². The highest BCUT2D eigenvalue weighted by Crippen LogP contribution is 2.28. The topological polar surface area (TPSA) is 71.2 Å². The van der Waals surface area contributed by atoms with E-state index in [0.29, 0.717) is 17.3 Å². The van der Waals surface area contributed by atoms with Crippen LogP contribution < -0.4 is 16.0 Å². The third kappa shape index (κ3) is 3.07. The van der Waals surface area contributed by atoms with Crippen molar-refractivity contribution in [3.05, 3.63) is 34.5 Å². The molecule has 0 atom stereocenters. The average molecular weight is 316 g/mol. The SMILES string of the molecule is CN(C)c1nc(N)c(C(=O)Nc2c(F)cc(F)cc2F)s1. The number of rotatable bonds is 3. The Labute approximate surface area is 122 Å². The number of nitrogens with two attached hydrogens (primary N) is 1. The Morgan fingerprint density at radius 3 is 2.33 bits per heavy atom. The lowest BCUT2D eigenvalue weighted by Crippen LogP contribution is -2.14. The summed E-state index contributed by atoms with van der Waals surface area (Å²) in [6, 6.07) is 0.944. The van der Waals surface area contributed by atoms with Crippen molar-refractivity contribution in [1.82, 2.24) is 4.98 Å². The number of nitrogens with zero attached hydrogens (tertiary/aromatic N) is 2. The summed E-state index contributed by atoms with van der Waals surface area (Å²) in [5, 5.41) is 2.50. The van der Waals surface area contributed by atoms with Gasteiger partial charge in [0.05, 0.1) is 0 Å². The molecule has 1 amide bonds. The lowest BCUT2D eigenvalue weighted by atomic mass is 10.2. The first kappa shape index (κ1) is 15.1. The summed E-state index contributed by atoms with van der Waals surface area (Å²) < 4.78 is 39.7. The van der Waals surface area contributed by atoms with E-state index in [4.69, 9.17) is 5.73 Å². The van der Waals surface area contributed by atoms with E-state index in [-0.39, 0.29) is 10.7 Å². The molecule has 2 aromatic rings. The zero-order valence-electron chi connectivity index (χ0n) is 11.1. The number of hydrogen-bond donors (Lipinski definition) is 2. The van der Waals surface area contributed by atoms with Crippen LogP contribution in [0.2, 0.25) is 0 Å². The van der Waals surface area contributed by atoms with Gasteiger partial charge in [-0.3, -0.25) is 4.79 Å². The van der Waals surface area contributed by atoms with Crippen molar-refractivity contribution < 1.29 is 18.0 Å². The molecule has 0 saturated carbocycles. The first-order chi connectivity index (χ1) is 9.79.